The van der Waals surface area contributed by atoms with Crippen LogP contribution in [0.4, 0.5) is 5.69 Å². The number of carbonyl (C=O) groups is 1. The van der Waals surface area contributed by atoms with Gasteiger partial charge in [-0.15, -0.1) is 0 Å². The summed E-state index contributed by atoms with van der Waals surface area (Å²) in [5.74, 6) is 1.28. The highest BCUT2D eigenvalue weighted by Crippen LogP contribution is 2.34. The number of benzene rings is 1. The molecule has 0 spiro atoms. The van der Waals surface area contributed by atoms with Gasteiger partial charge in [-0.1, -0.05) is 0 Å². The van der Waals surface area contributed by atoms with E-state index in [1.165, 1.54) is 0 Å². The average molecular weight is 285 g/mol. The minimum atomic E-state index is -0.295. The molecular formula is C16H17N2O3+. The Kier molecular flexibility index (Phi) is 3.48. The Morgan fingerprint density at radius 2 is 1.90 bits per heavy atom. The normalized spacial score (nSPS) is 13.8. The number of nitrogens with zero attached hydrogens (tertiary/aromatic N) is 1. The van der Waals surface area contributed by atoms with Gasteiger partial charge in [-0.3, -0.25) is 4.79 Å². The van der Waals surface area contributed by atoms with E-state index in [1.54, 1.807) is 18.2 Å². The molecule has 1 atom stereocenters. The van der Waals surface area contributed by atoms with Crippen LogP contribution in [0.25, 0.3) is 0 Å². The molecule has 1 aliphatic heterocycles. The highest BCUT2D eigenvalue weighted by Gasteiger charge is 2.22. The van der Waals surface area contributed by atoms with Gasteiger partial charge in [0.1, 0.15) is 0 Å². The summed E-state index contributed by atoms with van der Waals surface area (Å²) in [5, 5.41) is 2.89. The summed E-state index contributed by atoms with van der Waals surface area (Å²) < 4.78 is 12.4. The van der Waals surface area contributed by atoms with Crippen molar-refractivity contribution in [3.8, 4) is 11.5 Å². The largest absolute Gasteiger partial charge is 0.454 e. The smallest absolute Gasteiger partial charge is 0.293 e. The lowest BCUT2D eigenvalue weighted by Gasteiger charge is -2.09. The lowest BCUT2D eigenvalue weighted by molar-refractivity contribution is -0.705. The van der Waals surface area contributed by atoms with E-state index in [-0.39, 0.29) is 18.7 Å². The molecule has 0 unspecified atom stereocenters. The minimum Gasteiger partial charge on any atom is -0.454 e. The van der Waals surface area contributed by atoms with Crippen LogP contribution in [0, 0.1) is 6.92 Å². The minimum absolute atomic E-state index is 0.0808. The van der Waals surface area contributed by atoms with Gasteiger partial charge in [0.25, 0.3) is 5.91 Å². The van der Waals surface area contributed by atoms with E-state index >= 15 is 0 Å². The van der Waals surface area contributed by atoms with E-state index in [2.05, 4.69) is 5.32 Å². The highest BCUT2D eigenvalue weighted by molar-refractivity contribution is 5.92. The molecule has 1 amide bonds. The zero-order valence-electron chi connectivity index (χ0n) is 12.0. The van der Waals surface area contributed by atoms with Crippen LogP contribution in [0.1, 0.15) is 18.5 Å². The fourth-order valence-corrected chi connectivity index (χ4v) is 2.13. The molecule has 5 nitrogen and oxygen atoms in total. The molecule has 0 bridgehead atoms. The van der Waals surface area contributed by atoms with Gasteiger partial charge in [0.05, 0.1) is 0 Å². The van der Waals surface area contributed by atoms with Crippen molar-refractivity contribution >= 4 is 11.6 Å². The van der Waals surface area contributed by atoms with Gasteiger partial charge < -0.3 is 14.8 Å². The van der Waals surface area contributed by atoms with Gasteiger partial charge >= 0.3 is 0 Å². The molecule has 0 saturated carbocycles. The Morgan fingerprint density at radius 1 is 1.19 bits per heavy atom. The molecule has 0 radical (unpaired) electrons. The summed E-state index contributed by atoms with van der Waals surface area (Å²) >= 11 is 0. The molecule has 5 heteroatoms. The van der Waals surface area contributed by atoms with Crippen LogP contribution in [0.2, 0.25) is 0 Å². The van der Waals surface area contributed by atoms with Gasteiger partial charge in [-0.25, -0.2) is 0 Å². The molecule has 21 heavy (non-hydrogen) atoms. The number of hydrogen-bond acceptors (Lipinski definition) is 3. The third-order valence-corrected chi connectivity index (χ3v) is 3.49. The quantitative estimate of drug-likeness (QED) is 0.880. The van der Waals surface area contributed by atoms with Crippen molar-refractivity contribution < 1.29 is 18.8 Å². The predicted octanol–water partition coefficient (Wildman–Crippen LogP) is 2.21. The fraction of sp³-hybridized carbons (Fsp3) is 0.250. The third-order valence-electron chi connectivity index (χ3n) is 3.49. The first-order chi connectivity index (χ1) is 10.1. The van der Waals surface area contributed by atoms with Crippen LogP contribution >= 0.6 is 0 Å². The van der Waals surface area contributed by atoms with E-state index < -0.39 is 0 Å². The Hall–Kier alpha value is -2.56. The molecular weight excluding hydrogens is 268 g/mol. The van der Waals surface area contributed by atoms with Crippen molar-refractivity contribution in [3.63, 3.8) is 0 Å². The summed E-state index contributed by atoms with van der Waals surface area (Å²) in [5.41, 5.74) is 1.86. The molecule has 1 aliphatic rings. The second-order valence-corrected chi connectivity index (χ2v) is 5.06. The van der Waals surface area contributed by atoms with Crippen molar-refractivity contribution in [3.05, 3.63) is 48.3 Å². The monoisotopic (exact) mass is 285 g/mol. The molecule has 1 aromatic carbocycles. The Labute approximate surface area is 123 Å². The molecule has 2 heterocycles. The third kappa shape index (κ3) is 2.81. The van der Waals surface area contributed by atoms with Crippen molar-refractivity contribution in [2.45, 2.75) is 19.9 Å². The molecule has 1 N–H and O–H groups in total. The van der Waals surface area contributed by atoms with Gasteiger partial charge in [0.2, 0.25) is 12.8 Å². The van der Waals surface area contributed by atoms with E-state index in [9.17, 15) is 4.79 Å². The van der Waals surface area contributed by atoms with E-state index in [0.29, 0.717) is 17.2 Å². The molecule has 0 fully saturated rings. The summed E-state index contributed by atoms with van der Waals surface area (Å²) in [6, 6.07) is 9.03. The van der Waals surface area contributed by atoms with Crippen molar-refractivity contribution in [2.24, 2.45) is 0 Å². The van der Waals surface area contributed by atoms with E-state index in [4.69, 9.17) is 9.47 Å². The summed E-state index contributed by atoms with van der Waals surface area (Å²) in [6.45, 7) is 4.10. The van der Waals surface area contributed by atoms with E-state index in [0.717, 1.165) is 5.56 Å². The van der Waals surface area contributed by atoms with Crippen LogP contribution in [0.5, 0.6) is 11.5 Å². The fourth-order valence-electron chi connectivity index (χ4n) is 2.13. The molecule has 108 valence electrons. The zero-order valence-corrected chi connectivity index (χ0v) is 12.0. The molecule has 3 rings (SSSR count). The number of amides is 1. The standard InChI is InChI=1S/C16H16N2O3/c1-11-5-7-18(8-6-11)12(2)16(19)17-13-3-4-14-15(9-13)21-10-20-14/h3-9,12H,10H2,1-2H3/p+1/t12-/m1/s1. The number of ether oxygens (including phenoxy) is 2. The maximum absolute atomic E-state index is 12.3. The topological polar surface area (TPSA) is 51.4 Å². The molecule has 1 aromatic heterocycles. The number of aromatic nitrogens is 1. The maximum atomic E-state index is 12.3. The molecule has 0 aliphatic carbocycles. The van der Waals surface area contributed by atoms with E-state index in [1.807, 2.05) is 42.9 Å². The number of carbonyl (C=O) groups excluding carboxylic acids is 1. The van der Waals surface area contributed by atoms with Crippen LogP contribution in [0.3, 0.4) is 0 Å². The summed E-state index contributed by atoms with van der Waals surface area (Å²) in [7, 11) is 0. The van der Waals surface area contributed by atoms with Gasteiger partial charge in [0.15, 0.2) is 23.9 Å². The van der Waals surface area contributed by atoms with Crippen molar-refractivity contribution in [2.75, 3.05) is 12.1 Å². The van der Waals surface area contributed by atoms with Crippen molar-refractivity contribution in [1.29, 1.82) is 0 Å². The van der Waals surface area contributed by atoms with Gasteiger partial charge in [0, 0.05) is 30.8 Å². The average Bonchev–Trinajstić information content (AvgIpc) is 2.95. The first-order valence-corrected chi connectivity index (χ1v) is 6.81. The summed E-state index contributed by atoms with van der Waals surface area (Å²) in [4.78, 5) is 12.3. The maximum Gasteiger partial charge on any atom is 0.293 e. The first-order valence-electron chi connectivity index (χ1n) is 6.81. The Bertz CT molecular complexity index is 668. The lowest BCUT2D eigenvalue weighted by Crippen LogP contribution is -2.43. The van der Waals surface area contributed by atoms with Gasteiger partial charge in [-0.2, -0.15) is 4.57 Å². The van der Waals surface area contributed by atoms with Crippen LogP contribution in [0.15, 0.2) is 42.7 Å². The number of fused-ring (bicyclic) bond motifs is 1. The summed E-state index contributed by atoms with van der Waals surface area (Å²) in [6.07, 6.45) is 3.80. The lowest BCUT2D eigenvalue weighted by atomic mass is 10.2. The zero-order chi connectivity index (χ0) is 14.8. The number of anilines is 1. The number of nitrogens with one attached hydrogen (secondary N) is 1. The molecule has 2 aromatic rings. The van der Waals surface area contributed by atoms with Gasteiger partial charge in [-0.05, 0) is 24.6 Å². The van der Waals surface area contributed by atoms with Crippen LogP contribution < -0.4 is 19.4 Å². The second kappa shape index (κ2) is 5.44. The van der Waals surface area contributed by atoms with Crippen LogP contribution in [-0.4, -0.2) is 12.7 Å². The highest BCUT2D eigenvalue weighted by atomic mass is 16.7. The Morgan fingerprint density at radius 3 is 2.67 bits per heavy atom. The predicted molar refractivity (Wildman–Crippen MR) is 77.3 cm³/mol. The second-order valence-electron chi connectivity index (χ2n) is 5.06. The van der Waals surface area contributed by atoms with Crippen LogP contribution in [-0.2, 0) is 4.79 Å². The molecule has 0 saturated heterocycles. The number of hydrogen-bond donors (Lipinski definition) is 1. The Balaban J connectivity index is 1.72. The number of pyridine rings is 1. The SMILES string of the molecule is Cc1cc[n+]([C@H](C)C(=O)Nc2ccc3c(c2)OCO3)cc1. The first kappa shape index (κ1) is 13.4. The van der Waals surface area contributed by atoms with Crippen molar-refractivity contribution in [1.82, 2.24) is 0 Å². The number of rotatable bonds is 3. The number of aryl methyl sites for hydroxylation is 1.